The fourth-order valence-electron chi connectivity index (χ4n) is 0.861. The molecule has 0 unspecified atom stereocenters. The smallest absolute Gasteiger partial charge is 0.270 e. The molecule has 0 aromatic carbocycles. The van der Waals surface area contributed by atoms with Crippen LogP contribution in [0.5, 0.6) is 0 Å². The van der Waals surface area contributed by atoms with Crippen LogP contribution in [0.25, 0.3) is 10.8 Å². The average Bonchev–Trinajstić information content (AvgIpc) is 2.71. The van der Waals surface area contributed by atoms with Gasteiger partial charge in [-0.15, -0.1) is 11.3 Å². The van der Waals surface area contributed by atoms with E-state index in [2.05, 4.69) is 31.1 Å². The van der Waals surface area contributed by atoms with Crippen molar-refractivity contribution in [2.24, 2.45) is 0 Å². The Balaban J connectivity index is 2.41. The summed E-state index contributed by atoms with van der Waals surface area (Å²) in [5.41, 5.74) is 1.73. The lowest BCUT2D eigenvalue weighted by Crippen LogP contribution is -1.81. The average molecular weight is 260 g/mol. The van der Waals surface area contributed by atoms with Crippen molar-refractivity contribution in [3.63, 3.8) is 0 Å². The van der Waals surface area contributed by atoms with E-state index < -0.39 is 0 Å². The van der Waals surface area contributed by atoms with Crippen LogP contribution in [-0.2, 0) is 6.42 Å². The van der Waals surface area contributed by atoms with E-state index in [9.17, 15) is 0 Å². The van der Waals surface area contributed by atoms with E-state index in [4.69, 9.17) is 4.52 Å². The van der Waals surface area contributed by atoms with Crippen LogP contribution < -0.4 is 0 Å². The zero-order chi connectivity index (χ0) is 9.26. The molecule has 2 heterocycles. The topological polar surface area (TPSA) is 51.8 Å². The van der Waals surface area contributed by atoms with E-state index in [0.717, 1.165) is 21.7 Å². The Hall–Kier alpha value is -0.750. The second-order valence-corrected chi connectivity index (χ2v) is 3.95. The van der Waals surface area contributed by atoms with Crippen LogP contribution in [0, 0.1) is 0 Å². The summed E-state index contributed by atoms with van der Waals surface area (Å²) in [6, 6.07) is 0. The first kappa shape index (κ1) is 8.83. The molecular formula is C7H6BrN3OS. The first-order chi connectivity index (χ1) is 6.31. The number of halogens is 1. The number of aryl methyl sites for hydroxylation is 1. The second-order valence-electron chi connectivity index (χ2n) is 2.34. The van der Waals surface area contributed by atoms with Gasteiger partial charge < -0.3 is 4.52 Å². The first-order valence-corrected chi connectivity index (χ1v) is 5.40. The molecular weight excluding hydrogens is 254 g/mol. The maximum Gasteiger partial charge on any atom is 0.270 e. The number of nitrogens with zero attached hydrogens (tertiary/aromatic N) is 3. The Morgan fingerprint density at radius 2 is 2.46 bits per heavy atom. The Morgan fingerprint density at radius 1 is 1.62 bits per heavy atom. The van der Waals surface area contributed by atoms with Gasteiger partial charge in [0.25, 0.3) is 5.89 Å². The molecule has 0 fully saturated rings. The standard InChI is InChI=1S/C7H6BrN3OS/c1-2-4-10-7(12-11-4)5-6(8)9-3-13-5/h3H,2H2,1H3. The molecule has 0 N–H and O–H groups in total. The SMILES string of the molecule is CCc1noc(-c2scnc2Br)n1. The third kappa shape index (κ3) is 1.64. The van der Waals surface area contributed by atoms with Gasteiger partial charge >= 0.3 is 0 Å². The minimum absolute atomic E-state index is 0.534. The summed E-state index contributed by atoms with van der Waals surface area (Å²) in [5, 5.41) is 3.80. The predicted molar refractivity (Wildman–Crippen MR) is 52.5 cm³/mol. The summed E-state index contributed by atoms with van der Waals surface area (Å²) in [6.45, 7) is 1.98. The van der Waals surface area contributed by atoms with Crippen molar-refractivity contribution >= 4 is 27.3 Å². The Bertz CT molecular complexity index is 411. The van der Waals surface area contributed by atoms with Gasteiger partial charge in [0.05, 0.1) is 5.51 Å². The van der Waals surface area contributed by atoms with E-state index in [1.807, 2.05) is 6.92 Å². The Labute approximate surface area is 87.1 Å². The molecule has 2 aromatic heterocycles. The van der Waals surface area contributed by atoms with Gasteiger partial charge in [0.1, 0.15) is 9.48 Å². The number of rotatable bonds is 2. The molecule has 0 aliphatic heterocycles. The highest BCUT2D eigenvalue weighted by Crippen LogP contribution is 2.29. The fraction of sp³-hybridized carbons (Fsp3) is 0.286. The lowest BCUT2D eigenvalue weighted by molar-refractivity contribution is 0.424. The minimum atomic E-state index is 0.534. The van der Waals surface area contributed by atoms with E-state index in [1.54, 1.807) is 5.51 Å². The van der Waals surface area contributed by atoms with Gasteiger partial charge in [-0.25, -0.2) is 4.98 Å². The van der Waals surface area contributed by atoms with Crippen LogP contribution in [0.1, 0.15) is 12.7 Å². The van der Waals surface area contributed by atoms with E-state index in [-0.39, 0.29) is 0 Å². The van der Waals surface area contributed by atoms with E-state index in [0.29, 0.717) is 5.89 Å². The first-order valence-electron chi connectivity index (χ1n) is 3.73. The molecule has 0 aliphatic rings. The monoisotopic (exact) mass is 259 g/mol. The molecule has 2 rings (SSSR count). The second kappa shape index (κ2) is 3.55. The number of thiazole rings is 1. The van der Waals surface area contributed by atoms with Crippen molar-refractivity contribution in [2.45, 2.75) is 13.3 Å². The molecule has 0 saturated carbocycles. The summed E-state index contributed by atoms with van der Waals surface area (Å²) >= 11 is 4.78. The van der Waals surface area contributed by atoms with Crippen molar-refractivity contribution in [3.05, 3.63) is 15.9 Å². The molecule has 13 heavy (non-hydrogen) atoms. The molecule has 0 amide bonds. The van der Waals surface area contributed by atoms with Crippen LogP contribution >= 0.6 is 27.3 Å². The van der Waals surface area contributed by atoms with Gasteiger partial charge in [0.2, 0.25) is 0 Å². The van der Waals surface area contributed by atoms with E-state index in [1.165, 1.54) is 11.3 Å². The highest BCUT2D eigenvalue weighted by Gasteiger charge is 2.13. The maximum absolute atomic E-state index is 5.06. The molecule has 2 aromatic rings. The number of hydrogen-bond acceptors (Lipinski definition) is 5. The number of hydrogen-bond donors (Lipinski definition) is 0. The zero-order valence-electron chi connectivity index (χ0n) is 6.82. The van der Waals surface area contributed by atoms with Gasteiger partial charge in [-0.2, -0.15) is 4.98 Å². The van der Waals surface area contributed by atoms with Gasteiger partial charge in [-0.05, 0) is 15.9 Å². The molecule has 68 valence electrons. The molecule has 0 atom stereocenters. The van der Waals surface area contributed by atoms with Crippen molar-refractivity contribution in [3.8, 4) is 10.8 Å². The quantitative estimate of drug-likeness (QED) is 0.832. The van der Waals surface area contributed by atoms with Gasteiger partial charge in [0.15, 0.2) is 5.82 Å². The maximum atomic E-state index is 5.06. The molecule has 0 saturated heterocycles. The summed E-state index contributed by atoms with van der Waals surface area (Å²) in [4.78, 5) is 9.11. The minimum Gasteiger partial charge on any atom is -0.333 e. The molecule has 0 spiro atoms. The van der Waals surface area contributed by atoms with Crippen molar-refractivity contribution in [1.29, 1.82) is 0 Å². The highest BCUT2D eigenvalue weighted by molar-refractivity contribution is 9.10. The van der Waals surface area contributed by atoms with Gasteiger partial charge in [-0.1, -0.05) is 12.1 Å². The Morgan fingerprint density at radius 3 is 3.00 bits per heavy atom. The van der Waals surface area contributed by atoms with Crippen LogP contribution in [0.3, 0.4) is 0 Å². The third-order valence-electron chi connectivity index (χ3n) is 1.50. The lowest BCUT2D eigenvalue weighted by atomic mass is 10.5. The summed E-state index contributed by atoms with van der Waals surface area (Å²) < 4.78 is 5.81. The van der Waals surface area contributed by atoms with Crippen molar-refractivity contribution < 1.29 is 4.52 Å². The largest absolute Gasteiger partial charge is 0.333 e. The zero-order valence-corrected chi connectivity index (χ0v) is 9.22. The van der Waals surface area contributed by atoms with Crippen molar-refractivity contribution in [2.75, 3.05) is 0 Å². The summed E-state index contributed by atoms with van der Waals surface area (Å²) in [5.74, 6) is 1.25. The molecule has 0 radical (unpaired) electrons. The molecule has 0 aliphatic carbocycles. The molecule has 4 nitrogen and oxygen atoms in total. The highest BCUT2D eigenvalue weighted by atomic mass is 79.9. The van der Waals surface area contributed by atoms with Crippen LogP contribution in [0.4, 0.5) is 0 Å². The van der Waals surface area contributed by atoms with E-state index >= 15 is 0 Å². The van der Waals surface area contributed by atoms with Crippen molar-refractivity contribution in [1.82, 2.24) is 15.1 Å². The van der Waals surface area contributed by atoms with Crippen LogP contribution in [0.15, 0.2) is 14.6 Å². The third-order valence-corrected chi connectivity index (χ3v) is 3.18. The van der Waals surface area contributed by atoms with Gasteiger partial charge in [-0.3, -0.25) is 0 Å². The lowest BCUT2D eigenvalue weighted by Gasteiger charge is -1.85. The predicted octanol–water partition coefficient (Wildman–Crippen LogP) is 2.52. The van der Waals surface area contributed by atoms with Crippen LogP contribution in [-0.4, -0.2) is 15.1 Å². The number of aromatic nitrogens is 3. The molecule has 6 heteroatoms. The summed E-state index contributed by atoms with van der Waals surface area (Å²) in [6.07, 6.45) is 0.778. The normalized spacial score (nSPS) is 10.6. The van der Waals surface area contributed by atoms with Gasteiger partial charge in [0, 0.05) is 6.42 Å². The summed E-state index contributed by atoms with van der Waals surface area (Å²) in [7, 11) is 0. The molecule has 0 bridgehead atoms. The van der Waals surface area contributed by atoms with Crippen LogP contribution in [0.2, 0.25) is 0 Å². The fourth-order valence-corrected chi connectivity index (χ4v) is 2.15. The Kier molecular flexibility index (Phi) is 2.41.